The molecule has 0 fully saturated rings. The molecular weight excluding hydrogens is 229 g/mol. The predicted molar refractivity (Wildman–Crippen MR) is 70.1 cm³/mol. The van der Waals surface area contributed by atoms with Crippen LogP contribution in [0.3, 0.4) is 0 Å². The first-order valence-electron chi connectivity index (χ1n) is 6.08. The summed E-state index contributed by atoms with van der Waals surface area (Å²) in [6.45, 7) is 3.95. The number of hydrogen-bond donors (Lipinski definition) is 1. The molecule has 0 bridgehead atoms. The van der Waals surface area contributed by atoms with Gasteiger partial charge in [-0.15, -0.1) is 0 Å². The van der Waals surface area contributed by atoms with Crippen LogP contribution in [0.2, 0.25) is 0 Å². The lowest BCUT2D eigenvalue weighted by atomic mass is 9.96. The highest BCUT2D eigenvalue weighted by atomic mass is 19.1. The molecule has 0 radical (unpaired) electrons. The fraction of sp³-hybridized carbons (Fsp3) is 0.333. The van der Waals surface area contributed by atoms with E-state index in [4.69, 9.17) is 4.42 Å². The van der Waals surface area contributed by atoms with Crippen molar-refractivity contribution in [3.05, 3.63) is 58.8 Å². The number of furan rings is 1. The van der Waals surface area contributed by atoms with E-state index >= 15 is 0 Å². The maximum Gasteiger partial charge on any atom is 0.123 e. The van der Waals surface area contributed by atoms with E-state index in [0.717, 1.165) is 28.9 Å². The minimum atomic E-state index is -0.186. The van der Waals surface area contributed by atoms with Crippen molar-refractivity contribution in [3.63, 3.8) is 0 Å². The number of hydrogen-bond acceptors (Lipinski definition) is 2. The lowest BCUT2D eigenvalue weighted by Crippen LogP contribution is -2.19. The van der Waals surface area contributed by atoms with Crippen molar-refractivity contribution < 1.29 is 8.81 Å². The summed E-state index contributed by atoms with van der Waals surface area (Å²) in [4.78, 5) is 0. The molecule has 1 unspecified atom stereocenters. The maximum atomic E-state index is 13.3. The molecule has 2 nitrogen and oxygen atoms in total. The van der Waals surface area contributed by atoms with Crippen molar-refractivity contribution in [1.29, 1.82) is 0 Å². The van der Waals surface area contributed by atoms with Crippen molar-refractivity contribution in [2.45, 2.75) is 26.3 Å². The van der Waals surface area contributed by atoms with Crippen LogP contribution in [0.15, 0.2) is 34.9 Å². The molecular formula is C15H18FNO. The van der Waals surface area contributed by atoms with Gasteiger partial charge in [-0.05, 0) is 56.6 Å². The number of aryl methyl sites for hydroxylation is 2. The molecule has 2 aromatic rings. The molecule has 96 valence electrons. The fourth-order valence-electron chi connectivity index (χ4n) is 2.20. The van der Waals surface area contributed by atoms with Crippen LogP contribution in [0.25, 0.3) is 0 Å². The van der Waals surface area contributed by atoms with E-state index in [1.165, 1.54) is 6.07 Å². The van der Waals surface area contributed by atoms with Crippen molar-refractivity contribution in [3.8, 4) is 0 Å². The third kappa shape index (κ3) is 2.62. The van der Waals surface area contributed by atoms with Crippen LogP contribution >= 0.6 is 0 Å². The summed E-state index contributed by atoms with van der Waals surface area (Å²) in [6.07, 6.45) is 2.44. The molecule has 18 heavy (non-hydrogen) atoms. The molecule has 0 aliphatic heterocycles. The largest absolute Gasteiger partial charge is 0.469 e. The second kappa shape index (κ2) is 5.36. The Balaban J connectivity index is 2.26. The molecule has 0 amide bonds. The van der Waals surface area contributed by atoms with Gasteiger partial charge in [-0.2, -0.15) is 0 Å². The lowest BCUT2D eigenvalue weighted by Gasteiger charge is -2.17. The Hall–Kier alpha value is -1.61. The first kappa shape index (κ1) is 12.8. The molecule has 0 aliphatic carbocycles. The summed E-state index contributed by atoms with van der Waals surface area (Å²) in [7, 11) is 1.91. The summed E-state index contributed by atoms with van der Waals surface area (Å²) in [5.74, 6) is 0.720. The third-order valence-electron chi connectivity index (χ3n) is 3.36. The summed E-state index contributed by atoms with van der Waals surface area (Å²) >= 11 is 0. The summed E-state index contributed by atoms with van der Waals surface area (Å²) in [5.41, 5.74) is 3.26. The number of likely N-dealkylation sites (N-methyl/N-ethyl adjacent to an activating group) is 1. The van der Waals surface area contributed by atoms with Crippen molar-refractivity contribution in [2.75, 3.05) is 7.05 Å². The van der Waals surface area contributed by atoms with Gasteiger partial charge in [0.05, 0.1) is 6.26 Å². The van der Waals surface area contributed by atoms with Gasteiger partial charge in [0.15, 0.2) is 0 Å². The van der Waals surface area contributed by atoms with Gasteiger partial charge in [0.1, 0.15) is 11.6 Å². The molecule has 0 aliphatic rings. The minimum absolute atomic E-state index is 0.143. The van der Waals surface area contributed by atoms with E-state index in [1.54, 1.807) is 12.3 Å². The molecule has 0 saturated heterocycles. The van der Waals surface area contributed by atoms with Crippen LogP contribution in [-0.2, 0) is 6.42 Å². The van der Waals surface area contributed by atoms with Crippen LogP contribution in [0.4, 0.5) is 4.39 Å². The Morgan fingerprint density at radius 2 is 2.06 bits per heavy atom. The minimum Gasteiger partial charge on any atom is -0.469 e. The first-order valence-corrected chi connectivity index (χ1v) is 6.08. The van der Waals surface area contributed by atoms with E-state index in [9.17, 15) is 4.39 Å². The fourth-order valence-corrected chi connectivity index (χ4v) is 2.20. The van der Waals surface area contributed by atoms with E-state index in [2.05, 4.69) is 5.32 Å². The molecule has 1 N–H and O–H groups in total. The van der Waals surface area contributed by atoms with Crippen LogP contribution in [0.5, 0.6) is 0 Å². The Bertz CT molecular complexity index is 533. The molecule has 0 spiro atoms. The van der Waals surface area contributed by atoms with Gasteiger partial charge in [-0.1, -0.05) is 6.07 Å². The monoisotopic (exact) mass is 247 g/mol. The average Bonchev–Trinajstić information content (AvgIpc) is 2.77. The first-order chi connectivity index (χ1) is 8.61. The van der Waals surface area contributed by atoms with Crippen molar-refractivity contribution >= 4 is 0 Å². The van der Waals surface area contributed by atoms with Gasteiger partial charge < -0.3 is 9.73 Å². The Labute approximate surface area is 107 Å². The highest BCUT2D eigenvalue weighted by Gasteiger charge is 2.15. The zero-order valence-electron chi connectivity index (χ0n) is 11.0. The highest BCUT2D eigenvalue weighted by Crippen LogP contribution is 2.24. The number of benzene rings is 1. The number of nitrogens with one attached hydrogen (secondary N) is 1. The lowest BCUT2D eigenvalue weighted by molar-refractivity contribution is 0.511. The maximum absolute atomic E-state index is 13.3. The zero-order chi connectivity index (χ0) is 13.1. The Kier molecular flexibility index (Phi) is 3.82. The van der Waals surface area contributed by atoms with Crippen molar-refractivity contribution in [1.82, 2.24) is 5.32 Å². The zero-order valence-corrected chi connectivity index (χ0v) is 11.0. The number of rotatable bonds is 4. The van der Waals surface area contributed by atoms with Gasteiger partial charge in [0, 0.05) is 11.6 Å². The third-order valence-corrected chi connectivity index (χ3v) is 3.36. The standard InChI is InChI=1S/C15H18FNO/c1-10-4-5-13(16)8-12(10)9-15(17-3)14-6-7-18-11(14)2/h4-8,15,17H,9H2,1-3H3. The van der Waals surface area contributed by atoms with Gasteiger partial charge >= 0.3 is 0 Å². The smallest absolute Gasteiger partial charge is 0.123 e. The summed E-state index contributed by atoms with van der Waals surface area (Å²) in [5, 5.41) is 3.26. The second-order valence-corrected chi connectivity index (χ2v) is 4.55. The molecule has 3 heteroatoms. The molecule has 1 aromatic carbocycles. The topological polar surface area (TPSA) is 25.2 Å². The summed E-state index contributed by atoms with van der Waals surface area (Å²) < 4.78 is 18.6. The molecule has 0 saturated carbocycles. The van der Waals surface area contributed by atoms with Gasteiger partial charge in [0.2, 0.25) is 0 Å². The van der Waals surface area contributed by atoms with E-state index in [-0.39, 0.29) is 11.9 Å². The Morgan fingerprint density at radius 1 is 1.28 bits per heavy atom. The second-order valence-electron chi connectivity index (χ2n) is 4.55. The van der Waals surface area contributed by atoms with Gasteiger partial charge in [0.25, 0.3) is 0 Å². The molecule has 1 aromatic heterocycles. The number of halogens is 1. The van der Waals surface area contributed by atoms with Gasteiger partial charge in [-0.25, -0.2) is 4.39 Å². The van der Waals surface area contributed by atoms with Gasteiger partial charge in [-0.3, -0.25) is 0 Å². The highest BCUT2D eigenvalue weighted by molar-refractivity contribution is 5.30. The SMILES string of the molecule is CNC(Cc1cc(F)ccc1C)c1ccoc1C. The normalized spacial score (nSPS) is 12.7. The molecule has 1 heterocycles. The summed E-state index contributed by atoms with van der Waals surface area (Å²) in [6, 6.07) is 7.03. The van der Waals surface area contributed by atoms with E-state index < -0.39 is 0 Å². The molecule has 2 rings (SSSR count). The molecule has 1 atom stereocenters. The van der Waals surface area contributed by atoms with Crippen LogP contribution in [-0.4, -0.2) is 7.05 Å². The predicted octanol–water partition coefficient (Wildman–Crippen LogP) is 3.54. The van der Waals surface area contributed by atoms with Crippen LogP contribution in [0, 0.1) is 19.7 Å². The quantitative estimate of drug-likeness (QED) is 0.894. The average molecular weight is 247 g/mol. The van der Waals surface area contributed by atoms with E-state index in [1.807, 2.05) is 33.0 Å². The van der Waals surface area contributed by atoms with Crippen LogP contribution < -0.4 is 5.32 Å². The van der Waals surface area contributed by atoms with Crippen LogP contribution in [0.1, 0.15) is 28.5 Å². The Morgan fingerprint density at radius 3 is 2.67 bits per heavy atom. The van der Waals surface area contributed by atoms with E-state index in [0.29, 0.717) is 0 Å². The van der Waals surface area contributed by atoms with Crippen molar-refractivity contribution in [2.24, 2.45) is 0 Å².